The van der Waals surface area contributed by atoms with E-state index in [4.69, 9.17) is 15.1 Å². The highest BCUT2D eigenvalue weighted by Crippen LogP contribution is 2.37. The fourth-order valence-electron chi connectivity index (χ4n) is 4.59. The van der Waals surface area contributed by atoms with Gasteiger partial charge >= 0.3 is 0 Å². The van der Waals surface area contributed by atoms with Crippen LogP contribution in [0.15, 0.2) is 126 Å². The van der Waals surface area contributed by atoms with Gasteiger partial charge in [0.25, 0.3) is 5.56 Å². The van der Waals surface area contributed by atoms with Crippen LogP contribution in [-0.2, 0) is 0 Å². The van der Waals surface area contributed by atoms with Crippen molar-refractivity contribution in [3.8, 4) is 51.7 Å². The molecule has 1 heterocycles. The second-order valence-corrected chi connectivity index (χ2v) is 9.09. The van der Waals surface area contributed by atoms with Crippen LogP contribution in [0.25, 0.3) is 38.8 Å². The van der Waals surface area contributed by atoms with Gasteiger partial charge in [-0.15, -0.1) is 0 Å². The third kappa shape index (κ3) is 4.58. The summed E-state index contributed by atoms with van der Waals surface area (Å²) < 4.78 is 7.64. The summed E-state index contributed by atoms with van der Waals surface area (Å²) >= 11 is 0. The van der Waals surface area contributed by atoms with Crippen LogP contribution in [0.5, 0.6) is 11.5 Å². The minimum absolute atomic E-state index is 0.242. The van der Waals surface area contributed by atoms with Gasteiger partial charge in [0.05, 0.1) is 40.0 Å². The Morgan fingerprint density at radius 3 is 1.95 bits per heavy atom. The molecule has 0 saturated heterocycles. The highest BCUT2D eigenvalue weighted by Gasteiger charge is 2.16. The summed E-state index contributed by atoms with van der Waals surface area (Å²) in [5, 5.41) is 24.4. The van der Waals surface area contributed by atoms with E-state index in [9.17, 15) is 10.1 Å². The standard InChI is InChI=1S/C34H20N4O2/c35-21-23-10-15-27(16-11-23)38-34(39)30-9-5-4-8-29(30)33(37-38)26-14-19-32(31(20-26)25-6-2-1-3-7-25)40-28-17-12-24(22-36)13-18-28/h1-20H. The second-order valence-electron chi connectivity index (χ2n) is 9.09. The van der Waals surface area contributed by atoms with Gasteiger partial charge in [-0.2, -0.15) is 20.3 Å². The Labute approximate surface area is 230 Å². The number of rotatable bonds is 5. The molecule has 0 bridgehead atoms. The van der Waals surface area contributed by atoms with Gasteiger partial charge in [0.1, 0.15) is 11.5 Å². The molecular formula is C34H20N4O2. The molecule has 0 saturated carbocycles. The number of fused-ring (bicyclic) bond motifs is 1. The summed E-state index contributed by atoms with van der Waals surface area (Å²) in [6.45, 7) is 0. The fourth-order valence-corrected chi connectivity index (χ4v) is 4.59. The van der Waals surface area contributed by atoms with Crippen molar-refractivity contribution >= 4 is 10.8 Å². The van der Waals surface area contributed by atoms with E-state index in [-0.39, 0.29) is 5.56 Å². The summed E-state index contributed by atoms with van der Waals surface area (Å²) in [5.74, 6) is 1.26. The molecule has 5 aromatic carbocycles. The van der Waals surface area contributed by atoms with E-state index in [1.165, 1.54) is 4.68 Å². The minimum atomic E-state index is -0.242. The molecule has 0 aliphatic heterocycles. The first-order valence-corrected chi connectivity index (χ1v) is 12.5. The van der Waals surface area contributed by atoms with Crippen molar-refractivity contribution in [1.82, 2.24) is 9.78 Å². The Bertz CT molecular complexity index is 2000. The molecule has 6 nitrogen and oxygen atoms in total. The first-order chi connectivity index (χ1) is 19.6. The maximum Gasteiger partial charge on any atom is 0.279 e. The van der Waals surface area contributed by atoms with E-state index in [0.29, 0.717) is 39.4 Å². The Morgan fingerprint density at radius 1 is 0.650 bits per heavy atom. The number of aromatic nitrogens is 2. The Balaban J connectivity index is 1.53. The van der Waals surface area contributed by atoms with Gasteiger partial charge in [-0.05, 0) is 78.4 Å². The van der Waals surface area contributed by atoms with Crippen molar-refractivity contribution < 1.29 is 4.74 Å². The lowest BCUT2D eigenvalue weighted by atomic mass is 9.98. The van der Waals surface area contributed by atoms with Gasteiger partial charge in [-0.3, -0.25) is 4.79 Å². The van der Waals surface area contributed by atoms with Crippen LogP contribution in [0.2, 0.25) is 0 Å². The molecule has 6 rings (SSSR count). The molecule has 0 aliphatic carbocycles. The predicted molar refractivity (Wildman–Crippen MR) is 154 cm³/mol. The summed E-state index contributed by atoms with van der Waals surface area (Å²) in [5.41, 5.74) is 4.64. The first kappa shape index (κ1) is 24.4. The number of nitrogens with zero attached hydrogens (tertiary/aromatic N) is 4. The van der Waals surface area contributed by atoms with Gasteiger partial charge in [-0.1, -0.05) is 48.5 Å². The molecule has 1 aromatic heterocycles. The zero-order valence-corrected chi connectivity index (χ0v) is 21.2. The Kier molecular flexibility index (Phi) is 6.34. The van der Waals surface area contributed by atoms with Crippen LogP contribution < -0.4 is 10.3 Å². The van der Waals surface area contributed by atoms with Crippen molar-refractivity contribution in [1.29, 1.82) is 10.5 Å². The first-order valence-electron chi connectivity index (χ1n) is 12.5. The third-order valence-electron chi connectivity index (χ3n) is 6.59. The fraction of sp³-hybridized carbons (Fsp3) is 0. The van der Waals surface area contributed by atoms with Gasteiger partial charge in [0.2, 0.25) is 0 Å². The highest BCUT2D eigenvalue weighted by molar-refractivity contribution is 5.95. The Hall–Kier alpha value is -5.98. The van der Waals surface area contributed by atoms with E-state index < -0.39 is 0 Å². The van der Waals surface area contributed by atoms with E-state index in [1.807, 2.05) is 66.7 Å². The smallest absolute Gasteiger partial charge is 0.279 e. The van der Waals surface area contributed by atoms with Crippen LogP contribution in [0, 0.1) is 22.7 Å². The van der Waals surface area contributed by atoms with Crippen LogP contribution in [-0.4, -0.2) is 9.78 Å². The number of benzene rings is 5. The van der Waals surface area contributed by atoms with Gasteiger partial charge in [-0.25, -0.2) is 0 Å². The molecule has 0 unspecified atom stereocenters. The second kappa shape index (κ2) is 10.4. The molecule has 0 atom stereocenters. The SMILES string of the molecule is N#Cc1ccc(Oc2ccc(-c3nn(-c4ccc(C#N)cc4)c(=O)c4ccccc34)cc2-c2ccccc2)cc1. The monoisotopic (exact) mass is 516 g/mol. The van der Waals surface area contributed by atoms with E-state index >= 15 is 0 Å². The van der Waals surface area contributed by atoms with Crippen LogP contribution in [0.3, 0.4) is 0 Å². The molecule has 0 amide bonds. The lowest BCUT2D eigenvalue weighted by molar-refractivity contribution is 0.484. The molecule has 0 fully saturated rings. The van der Waals surface area contributed by atoms with Crippen LogP contribution in [0.1, 0.15) is 11.1 Å². The number of hydrogen-bond acceptors (Lipinski definition) is 5. The molecule has 40 heavy (non-hydrogen) atoms. The molecule has 0 radical (unpaired) electrons. The van der Waals surface area contributed by atoms with Gasteiger partial charge in [0.15, 0.2) is 0 Å². The van der Waals surface area contributed by atoms with Crippen LogP contribution in [0.4, 0.5) is 0 Å². The topological polar surface area (TPSA) is 91.7 Å². The van der Waals surface area contributed by atoms with Crippen molar-refractivity contribution in [3.63, 3.8) is 0 Å². The van der Waals surface area contributed by atoms with Crippen molar-refractivity contribution in [2.45, 2.75) is 0 Å². The van der Waals surface area contributed by atoms with Gasteiger partial charge in [0, 0.05) is 16.5 Å². The molecule has 0 aliphatic rings. The van der Waals surface area contributed by atoms with Crippen LogP contribution >= 0.6 is 0 Å². The molecule has 0 spiro atoms. The average molecular weight is 517 g/mol. The van der Waals surface area contributed by atoms with E-state index in [0.717, 1.165) is 22.1 Å². The Morgan fingerprint density at radius 2 is 1.27 bits per heavy atom. The number of hydrogen-bond donors (Lipinski definition) is 0. The lowest BCUT2D eigenvalue weighted by Crippen LogP contribution is -2.22. The summed E-state index contributed by atoms with van der Waals surface area (Å²) in [4.78, 5) is 13.5. The van der Waals surface area contributed by atoms with Crippen molar-refractivity contribution in [2.75, 3.05) is 0 Å². The van der Waals surface area contributed by atoms with Crippen molar-refractivity contribution in [3.05, 3.63) is 143 Å². The zero-order valence-electron chi connectivity index (χ0n) is 21.2. The maximum absolute atomic E-state index is 13.5. The number of nitriles is 2. The quantitative estimate of drug-likeness (QED) is 0.241. The average Bonchev–Trinajstić information content (AvgIpc) is 3.02. The summed E-state index contributed by atoms with van der Waals surface area (Å²) in [7, 11) is 0. The third-order valence-corrected chi connectivity index (χ3v) is 6.59. The lowest BCUT2D eigenvalue weighted by Gasteiger charge is -2.15. The molecular weight excluding hydrogens is 496 g/mol. The molecule has 0 N–H and O–H groups in total. The largest absolute Gasteiger partial charge is 0.457 e. The predicted octanol–water partition coefficient (Wildman–Crippen LogP) is 7.26. The van der Waals surface area contributed by atoms with Crippen molar-refractivity contribution in [2.24, 2.45) is 0 Å². The zero-order chi connectivity index (χ0) is 27.5. The molecule has 188 valence electrons. The van der Waals surface area contributed by atoms with E-state index in [1.54, 1.807) is 54.6 Å². The highest BCUT2D eigenvalue weighted by atomic mass is 16.5. The van der Waals surface area contributed by atoms with E-state index in [2.05, 4.69) is 12.1 Å². The number of ether oxygens (including phenoxy) is 1. The summed E-state index contributed by atoms with van der Waals surface area (Å²) in [6, 6.07) is 41.1. The molecule has 6 heteroatoms. The summed E-state index contributed by atoms with van der Waals surface area (Å²) in [6.07, 6.45) is 0. The molecule has 6 aromatic rings. The maximum atomic E-state index is 13.5. The normalized spacial score (nSPS) is 10.6. The minimum Gasteiger partial charge on any atom is -0.457 e. The van der Waals surface area contributed by atoms with Gasteiger partial charge < -0.3 is 4.74 Å².